The molecule has 6 rings (SSSR count). The first-order valence-corrected chi connectivity index (χ1v) is 8.81. The number of benzene rings is 3. The van der Waals surface area contributed by atoms with Crippen molar-refractivity contribution in [3.8, 4) is 0 Å². The van der Waals surface area contributed by atoms with Gasteiger partial charge in [-0.3, -0.25) is 4.98 Å². The van der Waals surface area contributed by atoms with Gasteiger partial charge in [-0.15, -0.1) is 0 Å². The SMILES string of the molecule is c1ccc2nc3c(nc2c1)[nH]c1ccccc13.c1ccc2ncccc2c1. The Hall–Kier alpha value is -3.79. The Labute approximate surface area is 155 Å². The largest absolute Gasteiger partial charge is 0.338 e. The molecule has 0 bridgehead atoms. The van der Waals surface area contributed by atoms with E-state index in [4.69, 9.17) is 0 Å². The molecule has 0 aliphatic carbocycles. The van der Waals surface area contributed by atoms with E-state index in [0.717, 1.165) is 38.6 Å². The Morgan fingerprint density at radius 3 is 2.11 bits per heavy atom. The molecule has 27 heavy (non-hydrogen) atoms. The first-order chi connectivity index (χ1) is 13.4. The van der Waals surface area contributed by atoms with Gasteiger partial charge >= 0.3 is 0 Å². The maximum absolute atomic E-state index is 4.67. The Bertz CT molecular complexity index is 1310. The molecular formula is C23H16N4. The molecule has 0 amide bonds. The number of nitrogens with one attached hydrogen (secondary N) is 1. The number of para-hydroxylation sites is 4. The van der Waals surface area contributed by atoms with Crippen molar-refractivity contribution in [2.45, 2.75) is 0 Å². The molecule has 128 valence electrons. The molecule has 3 aromatic carbocycles. The molecule has 4 heteroatoms. The average molecular weight is 348 g/mol. The van der Waals surface area contributed by atoms with Crippen LogP contribution >= 0.6 is 0 Å². The quantitative estimate of drug-likeness (QED) is 0.394. The number of aromatic amines is 1. The van der Waals surface area contributed by atoms with Gasteiger partial charge in [0.05, 0.1) is 16.6 Å². The molecule has 0 unspecified atom stereocenters. The molecule has 3 aromatic heterocycles. The van der Waals surface area contributed by atoms with E-state index in [1.54, 1.807) is 0 Å². The number of hydrogen-bond acceptors (Lipinski definition) is 3. The Morgan fingerprint density at radius 2 is 1.26 bits per heavy atom. The lowest BCUT2D eigenvalue weighted by Gasteiger charge is -1.95. The lowest BCUT2D eigenvalue weighted by molar-refractivity contribution is 1.36. The van der Waals surface area contributed by atoms with E-state index in [0.29, 0.717) is 0 Å². The van der Waals surface area contributed by atoms with Crippen LogP contribution in [-0.4, -0.2) is 19.9 Å². The van der Waals surface area contributed by atoms with Gasteiger partial charge in [-0.25, -0.2) is 9.97 Å². The highest BCUT2D eigenvalue weighted by Crippen LogP contribution is 2.24. The molecule has 0 atom stereocenters. The highest BCUT2D eigenvalue weighted by atomic mass is 14.9. The fourth-order valence-electron chi connectivity index (χ4n) is 3.22. The van der Waals surface area contributed by atoms with E-state index in [1.807, 2.05) is 72.9 Å². The van der Waals surface area contributed by atoms with Gasteiger partial charge in [0, 0.05) is 22.5 Å². The minimum Gasteiger partial charge on any atom is -0.338 e. The average Bonchev–Trinajstić information content (AvgIpc) is 3.10. The van der Waals surface area contributed by atoms with Crippen molar-refractivity contribution >= 4 is 44.0 Å². The molecular weight excluding hydrogens is 332 g/mol. The third-order valence-electron chi connectivity index (χ3n) is 4.52. The highest BCUT2D eigenvalue weighted by Gasteiger charge is 2.07. The van der Waals surface area contributed by atoms with Crippen LogP contribution in [0.25, 0.3) is 44.0 Å². The normalized spacial score (nSPS) is 11.0. The summed E-state index contributed by atoms with van der Waals surface area (Å²) in [7, 11) is 0. The molecule has 0 spiro atoms. The molecule has 0 aliphatic rings. The summed E-state index contributed by atoms with van der Waals surface area (Å²) in [5, 5.41) is 2.32. The van der Waals surface area contributed by atoms with Gasteiger partial charge in [-0.05, 0) is 30.3 Å². The molecule has 1 N–H and O–H groups in total. The van der Waals surface area contributed by atoms with Crippen LogP contribution in [0, 0.1) is 0 Å². The van der Waals surface area contributed by atoms with Crippen LogP contribution in [0.2, 0.25) is 0 Å². The van der Waals surface area contributed by atoms with E-state index in [9.17, 15) is 0 Å². The zero-order valence-corrected chi connectivity index (χ0v) is 14.5. The summed E-state index contributed by atoms with van der Waals surface area (Å²) in [5.74, 6) is 0. The van der Waals surface area contributed by atoms with Crippen LogP contribution in [0.15, 0.2) is 91.1 Å². The minimum atomic E-state index is 0.852. The van der Waals surface area contributed by atoms with Crippen molar-refractivity contribution in [3.63, 3.8) is 0 Å². The van der Waals surface area contributed by atoms with Crippen LogP contribution in [0.4, 0.5) is 0 Å². The van der Waals surface area contributed by atoms with Gasteiger partial charge in [0.2, 0.25) is 0 Å². The van der Waals surface area contributed by atoms with Gasteiger partial charge in [-0.2, -0.15) is 0 Å². The number of fused-ring (bicyclic) bond motifs is 5. The lowest BCUT2D eigenvalue weighted by Crippen LogP contribution is -1.84. The molecule has 0 fully saturated rings. The molecule has 0 saturated carbocycles. The summed E-state index contributed by atoms with van der Waals surface area (Å²) >= 11 is 0. The second-order valence-corrected chi connectivity index (χ2v) is 6.28. The summed E-state index contributed by atoms with van der Waals surface area (Å²) in [6, 6.07) is 28.2. The van der Waals surface area contributed by atoms with Crippen LogP contribution in [0.1, 0.15) is 0 Å². The van der Waals surface area contributed by atoms with Gasteiger partial charge in [-0.1, -0.05) is 54.6 Å². The second-order valence-electron chi connectivity index (χ2n) is 6.28. The predicted octanol–water partition coefficient (Wildman–Crippen LogP) is 5.50. The van der Waals surface area contributed by atoms with Gasteiger partial charge < -0.3 is 4.98 Å². The lowest BCUT2D eigenvalue weighted by atomic mass is 10.2. The monoisotopic (exact) mass is 348 g/mol. The van der Waals surface area contributed by atoms with Crippen molar-refractivity contribution < 1.29 is 0 Å². The maximum atomic E-state index is 4.67. The highest BCUT2D eigenvalue weighted by molar-refractivity contribution is 6.05. The molecule has 6 aromatic rings. The molecule has 4 nitrogen and oxygen atoms in total. The number of pyridine rings is 1. The van der Waals surface area contributed by atoms with Crippen LogP contribution in [0.5, 0.6) is 0 Å². The molecule has 0 radical (unpaired) electrons. The van der Waals surface area contributed by atoms with E-state index in [2.05, 4.69) is 38.1 Å². The topological polar surface area (TPSA) is 54.5 Å². The van der Waals surface area contributed by atoms with Crippen LogP contribution < -0.4 is 0 Å². The van der Waals surface area contributed by atoms with Crippen molar-refractivity contribution in [3.05, 3.63) is 91.1 Å². The smallest absolute Gasteiger partial charge is 0.157 e. The first-order valence-electron chi connectivity index (χ1n) is 8.81. The predicted molar refractivity (Wildman–Crippen MR) is 111 cm³/mol. The number of nitrogens with zero attached hydrogens (tertiary/aromatic N) is 3. The van der Waals surface area contributed by atoms with Gasteiger partial charge in [0.15, 0.2) is 5.65 Å². The van der Waals surface area contributed by atoms with Gasteiger partial charge in [0.25, 0.3) is 0 Å². The first kappa shape index (κ1) is 15.5. The summed E-state index contributed by atoms with van der Waals surface area (Å²) < 4.78 is 0. The second kappa shape index (κ2) is 6.50. The number of H-pyrrole nitrogens is 1. The fraction of sp³-hybridized carbons (Fsp3) is 0. The van der Waals surface area contributed by atoms with Crippen molar-refractivity contribution in [2.75, 3.05) is 0 Å². The van der Waals surface area contributed by atoms with E-state index >= 15 is 0 Å². The fourth-order valence-corrected chi connectivity index (χ4v) is 3.22. The van der Waals surface area contributed by atoms with Crippen LogP contribution in [-0.2, 0) is 0 Å². The molecule has 0 saturated heterocycles. The Balaban J connectivity index is 0.000000137. The standard InChI is InChI=1S/C14H9N3.C9H7N/c1-2-6-10-9(5-1)13-14(16-10)17-12-8-4-3-7-11(12)15-13;1-2-6-9-8(4-1)5-3-7-10-9/h1-8H,(H,16,17);1-7H. The summed E-state index contributed by atoms with van der Waals surface area (Å²) in [6.45, 7) is 0. The zero-order chi connectivity index (χ0) is 18.1. The third kappa shape index (κ3) is 2.87. The molecule has 0 aliphatic heterocycles. The van der Waals surface area contributed by atoms with Crippen molar-refractivity contribution in [1.82, 2.24) is 19.9 Å². The number of aromatic nitrogens is 4. The number of hydrogen-bond donors (Lipinski definition) is 1. The number of rotatable bonds is 0. The van der Waals surface area contributed by atoms with Crippen molar-refractivity contribution in [2.24, 2.45) is 0 Å². The van der Waals surface area contributed by atoms with E-state index in [-0.39, 0.29) is 0 Å². The zero-order valence-electron chi connectivity index (χ0n) is 14.5. The molecule has 3 heterocycles. The third-order valence-corrected chi connectivity index (χ3v) is 4.52. The van der Waals surface area contributed by atoms with Crippen LogP contribution in [0.3, 0.4) is 0 Å². The van der Waals surface area contributed by atoms with E-state index < -0.39 is 0 Å². The summed E-state index contributed by atoms with van der Waals surface area (Å²) in [5.41, 5.74) is 5.79. The van der Waals surface area contributed by atoms with Gasteiger partial charge in [0.1, 0.15) is 5.52 Å². The van der Waals surface area contributed by atoms with Crippen molar-refractivity contribution in [1.29, 1.82) is 0 Å². The summed E-state index contributed by atoms with van der Waals surface area (Å²) in [6.07, 6.45) is 1.81. The summed E-state index contributed by atoms with van der Waals surface area (Å²) in [4.78, 5) is 16.7. The Kier molecular flexibility index (Phi) is 3.72. The Morgan fingerprint density at radius 1 is 0.593 bits per heavy atom. The minimum absolute atomic E-state index is 0.852. The maximum Gasteiger partial charge on any atom is 0.157 e. The van der Waals surface area contributed by atoms with E-state index in [1.165, 1.54) is 5.39 Å².